The summed E-state index contributed by atoms with van der Waals surface area (Å²) >= 11 is 0. The smallest absolute Gasteiger partial charge is 0.458 e. The van der Waals surface area contributed by atoms with E-state index in [4.69, 9.17) is 0 Å². The van der Waals surface area contributed by atoms with E-state index in [0.29, 0.717) is 0 Å². The zero-order valence-corrected chi connectivity index (χ0v) is 11.5. The zero-order chi connectivity index (χ0) is 17.0. The van der Waals surface area contributed by atoms with Gasteiger partial charge in [-0.05, 0) is 12.1 Å². The van der Waals surface area contributed by atoms with Gasteiger partial charge in [-0.2, -0.15) is 13.2 Å². The van der Waals surface area contributed by atoms with Crippen LogP contribution < -0.4 is 4.72 Å². The monoisotopic (exact) mass is 342 g/mol. The Balaban J connectivity index is 2.58. The third-order valence-electron chi connectivity index (χ3n) is 2.22. The molecule has 0 atom stereocenters. The highest BCUT2D eigenvalue weighted by Gasteiger charge is 2.40. The average Bonchev–Trinajstić information content (AvgIpc) is 2.42. The highest BCUT2D eigenvalue weighted by atomic mass is 32.2. The number of ether oxygens (including phenoxy) is 1. The van der Waals surface area contributed by atoms with Crippen LogP contribution in [0.2, 0.25) is 0 Å². The van der Waals surface area contributed by atoms with Crippen molar-refractivity contribution in [3.63, 3.8) is 0 Å². The number of carbonyl (C=O) groups excluding carboxylic acids is 1. The summed E-state index contributed by atoms with van der Waals surface area (Å²) in [6.45, 7) is -1.40. The molecule has 0 unspecified atom stereocenters. The molecule has 0 radical (unpaired) electrons. The zero-order valence-electron chi connectivity index (χ0n) is 10.7. The van der Waals surface area contributed by atoms with E-state index in [1.165, 1.54) is 0 Å². The summed E-state index contributed by atoms with van der Waals surface area (Å²) in [5.41, 5.74) is -0.321. The van der Waals surface area contributed by atoms with Gasteiger partial charge in [-0.15, -0.1) is 0 Å². The van der Waals surface area contributed by atoms with Crippen LogP contribution in [0.1, 0.15) is 0 Å². The topological polar surface area (TPSA) is 116 Å². The Morgan fingerprint density at radius 3 is 2.27 bits per heavy atom. The second-order valence-electron chi connectivity index (χ2n) is 3.78. The van der Waals surface area contributed by atoms with Crippen LogP contribution in [0.4, 0.5) is 18.9 Å². The molecule has 0 fully saturated rings. The maximum absolute atomic E-state index is 11.8. The van der Waals surface area contributed by atoms with Gasteiger partial charge in [0.2, 0.25) is 10.0 Å². The number of rotatable bonds is 6. The summed E-state index contributed by atoms with van der Waals surface area (Å²) in [6, 6.07) is 3.83. The number of nitro benzene ring substituents is 1. The molecule has 22 heavy (non-hydrogen) atoms. The second-order valence-corrected chi connectivity index (χ2v) is 5.55. The van der Waals surface area contributed by atoms with Crippen molar-refractivity contribution in [1.29, 1.82) is 0 Å². The maximum Gasteiger partial charge on any atom is 0.490 e. The first kappa shape index (κ1) is 17.8. The molecule has 1 aromatic carbocycles. The molecule has 0 saturated carbocycles. The van der Waals surface area contributed by atoms with E-state index >= 15 is 0 Å². The Labute approximate surface area is 122 Å². The Morgan fingerprint density at radius 1 is 1.27 bits per heavy atom. The number of sulfonamides is 1. The van der Waals surface area contributed by atoms with Gasteiger partial charge in [0.1, 0.15) is 6.61 Å². The summed E-state index contributed by atoms with van der Waals surface area (Å²) in [4.78, 5) is 19.7. The summed E-state index contributed by atoms with van der Waals surface area (Å²) in [7, 11) is -4.08. The summed E-state index contributed by atoms with van der Waals surface area (Å²) in [6.07, 6.45) is -5.16. The van der Waals surface area contributed by atoms with Gasteiger partial charge in [-0.25, -0.2) is 17.9 Å². The van der Waals surface area contributed by atoms with Gasteiger partial charge in [0.15, 0.2) is 0 Å². The standard InChI is InChI=1S/C10H9F3N2O6S/c11-10(12,13)9(16)21-6-5-14-22(19,20)8-3-1-7(2-4-8)15(17)18/h1-4,14H,5-6H2. The Bertz CT molecular complexity index is 656. The van der Waals surface area contributed by atoms with Crippen LogP contribution in [0.15, 0.2) is 29.2 Å². The minimum atomic E-state index is -5.16. The number of hydrogen-bond donors (Lipinski definition) is 1. The number of nitrogens with zero attached hydrogens (tertiary/aromatic N) is 1. The molecule has 0 amide bonds. The van der Waals surface area contributed by atoms with Crippen molar-refractivity contribution >= 4 is 21.7 Å². The van der Waals surface area contributed by atoms with Crippen LogP contribution in [0.3, 0.4) is 0 Å². The largest absolute Gasteiger partial charge is 0.490 e. The van der Waals surface area contributed by atoms with Crippen molar-refractivity contribution in [1.82, 2.24) is 4.72 Å². The van der Waals surface area contributed by atoms with E-state index < -0.39 is 40.2 Å². The summed E-state index contributed by atoms with van der Waals surface area (Å²) in [5, 5.41) is 10.4. The lowest BCUT2D eigenvalue weighted by atomic mass is 10.3. The van der Waals surface area contributed by atoms with Crippen LogP contribution in [0, 0.1) is 10.1 Å². The lowest BCUT2D eigenvalue weighted by Crippen LogP contribution is -2.31. The van der Waals surface area contributed by atoms with E-state index in [1.807, 2.05) is 4.72 Å². The van der Waals surface area contributed by atoms with Crippen LogP contribution in [-0.2, 0) is 19.6 Å². The van der Waals surface area contributed by atoms with E-state index in [0.717, 1.165) is 24.3 Å². The molecule has 12 heteroatoms. The Morgan fingerprint density at radius 2 is 1.82 bits per heavy atom. The van der Waals surface area contributed by atoms with E-state index in [2.05, 4.69) is 4.74 Å². The van der Waals surface area contributed by atoms with Crippen LogP contribution in [0.25, 0.3) is 0 Å². The van der Waals surface area contributed by atoms with Gasteiger partial charge in [0, 0.05) is 18.7 Å². The second kappa shape index (κ2) is 6.70. The first-order chi connectivity index (χ1) is 10.0. The number of carbonyl (C=O) groups is 1. The van der Waals surface area contributed by atoms with Crippen LogP contribution in [-0.4, -0.2) is 38.6 Å². The van der Waals surface area contributed by atoms with E-state index in [-0.39, 0.29) is 10.6 Å². The van der Waals surface area contributed by atoms with Gasteiger partial charge >= 0.3 is 12.1 Å². The minimum Gasteiger partial charge on any atom is -0.458 e. The molecule has 0 aliphatic carbocycles. The van der Waals surface area contributed by atoms with E-state index in [1.54, 1.807) is 0 Å². The predicted octanol–water partition coefficient (Wildman–Crippen LogP) is 0.979. The SMILES string of the molecule is O=C(OCCNS(=O)(=O)c1ccc([N+](=O)[O-])cc1)C(F)(F)F. The first-order valence-corrected chi connectivity index (χ1v) is 7.00. The van der Waals surface area contributed by atoms with Gasteiger partial charge in [-0.1, -0.05) is 0 Å². The lowest BCUT2D eigenvalue weighted by molar-refractivity contribution is -0.384. The number of benzene rings is 1. The molecule has 0 aromatic heterocycles. The summed E-state index contributed by atoms with van der Waals surface area (Å²) < 4.78 is 64.5. The Hall–Kier alpha value is -2.21. The average molecular weight is 342 g/mol. The number of nitro groups is 1. The molecular weight excluding hydrogens is 333 g/mol. The normalized spacial score (nSPS) is 12.0. The molecule has 0 saturated heterocycles. The number of esters is 1. The van der Waals surface area contributed by atoms with Gasteiger partial charge in [0.05, 0.1) is 9.82 Å². The molecule has 0 aliphatic rings. The fraction of sp³-hybridized carbons (Fsp3) is 0.300. The third-order valence-corrected chi connectivity index (χ3v) is 3.69. The molecule has 0 aliphatic heterocycles. The lowest BCUT2D eigenvalue weighted by Gasteiger charge is -2.08. The highest BCUT2D eigenvalue weighted by Crippen LogP contribution is 2.17. The quantitative estimate of drug-likeness (QED) is 0.356. The van der Waals surface area contributed by atoms with Gasteiger partial charge < -0.3 is 4.74 Å². The molecule has 1 N–H and O–H groups in total. The minimum absolute atomic E-state index is 0.319. The van der Waals surface area contributed by atoms with Crippen LogP contribution >= 0.6 is 0 Å². The first-order valence-electron chi connectivity index (χ1n) is 5.52. The van der Waals surface area contributed by atoms with Gasteiger partial charge in [0.25, 0.3) is 5.69 Å². The molecule has 122 valence electrons. The predicted molar refractivity (Wildman–Crippen MR) is 65.3 cm³/mol. The van der Waals surface area contributed by atoms with Crippen molar-refractivity contribution in [3.8, 4) is 0 Å². The third kappa shape index (κ3) is 4.96. The molecule has 0 bridgehead atoms. The number of alkyl halides is 3. The maximum atomic E-state index is 11.8. The molecule has 1 rings (SSSR count). The molecule has 0 heterocycles. The van der Waals surface area contributed by atoms with Crippen molar-refractivity contribution in [2.45, 2.75) is 11.1 Å². The fourth-order valence-corrected chi connectivity index (χ4v) is 2.25. The summed E-state index contributed by atoms with van der Waals surface area (Å²) in [5.74, 6) is -2.43. The number of halogens is 3. The molecule has 8 nitrogen and oxygen atoms in total. The van der Waals surface area contributed by atoms with Crippen molar-refractivity contribution < 1.29 is 36.0 Å². The number of nitrogens with one attached hydrogen (secondary N) is 1. The highest BCUT2D eigenvalue weighted by molar-refractivity contribution is 7.89. The van der Waals surface area contributed by atoms with Crippen molar-refractivity contribution in [2.24, 2.45) is 0 Å². The van der Waals surface area contributed by atoms with Crippen LogP contribution in [0.5, 0.6) is 0 Å². The van der Waals surface area contributed by atoms with Crippen molar-refractivity contribution in [2.75, 3.05) is 13.2 Å². The molecule has 1 aromatic rings. The fourth-order valence-electron chi connectivity index (χ4n) is 1.23. The van der Waals surface area contributed by atoms with E-state index in [9.17, 15) is 36.5 Å². The molecule has 0 spiro atoms. The van der Waals surface area contributed by atoms with Gasteiger partial charge in [-0.3, -0.25) is 10.1 Å². The number of non-ortho nitro benzene ring substituents is 1. The molecular formula is C10H9F3N2O6S. The Kier molecular flexibility index (Phi) is 5.43. The number of hydrogen-bond acceptors (Lipinski definition) is 6. The van der Waals surface area contributed by atoms with Crippen molar-refractivity contribution in [3.05, 3.63) is 34.4 Å².